The molecule has 178 valence electrons. The van der Waals surface area contributed by atoms with E-state index >= 15 is 0 Å². The highest BCUT2D eigenvalue weighted by molar-refractivity contribution is 7.89. The quantitative estimate of drug-likeness (QED) is 0.344. The van der Waals surface area contributed by atoms with Gasteiger partial charge in [0.25, 0.3) is 0 Å². The molecule has 0 amide bonds. The van der Waals surface area contributed by atoms with E-state index in [0.717, 1.165) is 56.1 Å². The van der Waals surface area contributed by atoms with E-state index in [1.54, 1.807) is 16.4 Å². The largest absolute Gasteiger partial charge is 0.243 e. The molecule has 0 aliphatic carbocycles. The lowest BCUT2D eigenvalue weighted by Crippen LogP contribution is -2.38. The molecule has 0 bridgehead atoms. The summed E-state index contributed by atoms with van der Waals surface area (Å²) in [6.45, 7) is 7.18. The molecular formula is C28H36FNO2S. The number of hydrogen-bond donors (Lipinski definition) is 0. The molecule has 1 heterocycles. The van der Waals surface area contributed by atoms with Gasteiger partial charge in [0.2, 0.25) is 10.0 Å². The molecule has 1 atom stereocenters. The van der Waals surface area contributed by atoms with Gasteiger partial charge in [-0.2, -0.15) is 4.31 Å². The fourth-order valence-corrected chi connectivity index (χ4v) is 5.87. The normalized spacial score (nSPS) is 16.8. The van der Waals surface area contributed by atoms with Crippen molar-refractivity contribution in [2.75, 3.05) is 13.1 Å². The van der Waals surface area contributed by atoms with Crippen LogP contribution in [0.4, 0.5) is 4.39 Å². The number of halogens is 1. The first-order valence-electron chi connectivity index (χ1n) is 12.0. The molecule has 1 saturated heterocycles. The van der Waals surface area contributed by atoms with Crippen molar-refractivity contribution in [2.24, 2.45) is 11.8 Å². The van der Waals surface area contributed by atoms with E-state index < -0.39 is 10.0 Å². The summed E-state index contributed by atoms with van der Waals surface area (Å²) in [5.41, 5.74) is 2.18. The molecule has 1 aliphatic heterocycles. The van der Waals surface area contributed by atoms with Crippen molar-refractivity contribution >= 4 is 10.0 Å². The number of benzene rings is 2. The van der Waals surface area contributed by atoms with Crippen LogP contribution in [0.5, 0.6) is 0 Å². The van der Waals surface area contributed by atoms with Gasteiger partial charge in [-0.15, -0.1) is 6.58 Å². The Morgan fingerprint density at radius 1 is 1.03 bits per heavy atom. The van der Waals surface area contributed by atoms with E-state index in [1.165, 1.54) is 12.1 Å². The first-order chi connectivity index (χ1) is 15.9. The minimum atomic E-state index is -3.39. The number of aryl methyl sites for hydroxylation is 1. The van der Waals surface area contributed by atoms with Crippen LogP contribution in [0, 0.1) is 24.6 Å². The van der Waals surface area contributed by atoms with E-state index in [9.17, 15) is 12.8 Å². The minimum absolute atomic E-state index is 0.199. The third kappa shape index (κ3) is 7.65. The van der Waals surface area contributed by atoms with Crippen LogP contribution in [0.1, 0.15) is 49.7 Å². The fourth-order valence-electron chi connectivity index (χ4n) is 4.40. The lowest BCUT2D eigenvalue weighted by molar-refractivity contribution is 0.253. The van der Waals surface area contributed by atoms with E-state index in [-0.39, 0.29) is 5.82 Å². The van der Waals surface area contributed by atoms with Gasteiger partial charge in [-0.05, 0) is 93.5 Å². The fraction of sp³-hybridized carbons (Fsp3) is 0.429. The summed E-state index contributed by atoms with van der Waals surface area (Å²) < 4.78 is 40.4. The Balaban J connectivity index is 1.37. The monoisotopic (exact) mass is 469 g/mol. The maximum atomic E-state index is 13.0. The Hall–Kier alpha value is -2.24. The van der Waals surface area contributed by atoms with Crippen LogP contribution in [0.3, 0.4) is 0 Å². The van der Waals surface area contributed by atoms with Gasteiger partial charge in [0.05, 0.1) is 4.90 Å². The summed E-state index contributed by atoms with van der Waals surface area (Å²) in [4.78, 5) is 0.394. The number of hydrogen-bond acceptors (Lipinski definition) is 2. The molecule has 0 saturated carbocycles. The van der Waals surface area contributed by atoms with Gasteiger partial charge in [0.1, 0.15) is 5.82 Å². The average Bonchev–Trinajstić information content (AvgIpc) is 2.82. The second-order valence-corrected chi connectivity index (χ2v) is 11.1. The smallest absolute Gasteiger partial charge is 0.207 e. The molecule has 5 heteroatoms. The third-order valence-corrected chi connectivity index (χ3v) is 8.56. The van der Waals surface area contributed by atoms with Crippen molar-refractivity contribution < 1.29 is 12.8 Å². The zero-order valence-corrected chi connectivity index (χ0v) is 20.4. The van der Waals surface area contributed by atoms with Crippen LogP contribution >= 0.6 is 0 Å². The van der Waals surface area contributed by atoms with Gasteiger partial charge >= 0.3 is 0 Å². The van der Waals surface area contributed by atoms with Gasteiger partial charge in [0, 0.05) is 13.1 Å². The molecule has 0 N–H and O–H groups in total. The van der Waals surface area contributed by atoms with E-state index in [2.05, 4.69) is 24.8 Å². The Morgan fingerprint density at radius 3 is 2.33 bits per heavy atom. The highest BCUT2D eigenvalue weighted by Crippen LogP contribution is 2.29. The zero-order chi connectivity index (χ0) is 23.7. The number of rotatable bonds is 11. The van der Waals surface area contributed by atoms with Crippen LogP contribution in [0.2, 0.25) is 0 Å². The zero-order valence-electron chi connectivity index (χ0n) is 19.6. The summed E-state index contributed by atoms with van der Waals surface area (Å²) in [5, 5.41) is 0. The summed E-state index contributed by atoms with van der Waals surface area (Å²) >= 11 is 0. The van der Waals surface area contributed by atoms with Crippen LogP contribution in [0.25, 0.3) is 0 Å². The maximum absolute atomic E-state index is 13.0. The molecule has 2 aromatic rings. The summed E-state index contributed by atoms with van der Waals surface area (Å²) in [6, 6.07) is 13.8. The summed E-state index contributed by atoms with van der Waals surface area (Å²) in [7, 11) is -3.39. The molecular weight excluding hydrogens is 433 g/mol. The minimum Gasteiger partial charge on any atom is -0.207 e. The van der Waals surface area contributed by atoms with Gasteiger partial charge in [-0.25, -0.2) is 12.8 Å². The topological polar surface area (TPSA) is 37.4 Å². The second kappa shape index (κ2) is 12.3. The highest BCUT2D eigenvalue weighted by atomic mass is 32.2. The molecule has 0 spiro atoms. The molecule has 33 heavy (non-hydrogen) atoms. The van der Waals surface area contributed by atoms with Crippen molar-refractivity contribution in [3.8, 4) is 0 Å². The predicted molar refractivity (Wildman–Crippen MR) is 134 cm³/mol. The van der Waals surface area contributed by atoms with Crippen molar-refractivity contribution in [2.45, 2.75) is 56.8 Å². The number of nitrogens with zero attached hydrogens (tertiary/aromatic N) is 1. The number of allylic oxidation sites excluding steroid dienone is 3. The van der Waals surface area contributed by atoms with Crippen LogP contribution in [-0.4, -0.2) is 25.8 Å². The molecule has 1 aliphatic rings. The maximum Gasteiger partial charge on any atom is 0.243 e. The molecule has 3 nitrogen and oxygen atoms in total. The van der Waals surface area contributed by atoms with Crippen molar-refractivity contribution in [1.82, 2.24) is 4.31 Å². The molecule has 0 aromatic heterocycles. The van der Waals surface area contributed by atoms with Gasteiger partial charge in [0.15, 0.2) is 0 Å². The first kappa shape index (κ1) is 25.4. The summed E-state index contributed by atoms with van der Waals surface area (Å²) in [5.74, 6) is 0.857. The van der Waals surface area contributed by atoms with Crippen LogP contribution < -0.4 is 0 Å². The third-order valence-electron chi connectivity index (χ3n) is 6.65. The van der Waals surface area contributed by atoms with Crippen LogP contribution in [0.15, 0.2) is 78.2 Å². The van der Waals surface area contributed by atoms with E-state index in [1.807, 2.05) is 31.2 Å². The standard InChI is InChI=1S/C28H36FNO2S/c1-3-24(7-5-4-6-8-25-13-15-27(29)16-14-25)11-12-26-19-21-30(22-20-26)33(31,32)28-17-9-23(2)10-18-28/h3-4,6,9-10,13-18,24,26H,1,5,7-8,11-12,19-22H2,2H3/b6-4+. The Bertz CT molecular complexity index is 1000. The molecule has 0 radical (unpaired) electrons. The van der Waals surface area contributed by atoms with Gasteiger partial charge in [-0.1, -0.05) is 48.1 Å². The Morgan fingerprint density at radius 2 is 1.70 bits per heavy atom. The lowest BCUT2D eigenvalue weighted by atomic mass is 9.88. The Kier molecular flexibility index (Phi) is 9.45. The van der Waals surface area contributed by atoms with Crippen molar-refractivity contribution in [3.63, 3.8) is 0 Å². The molecule has 3 rings (SSSR count). The van der Waals surface area contributed by atoms with E-state index in [0.29, 0.717) is 29.8 Å². The van der Waals surface area contributed by atoms with E-state index in [4.69, 9.17) is 0 Å². The number of sulfonamides is 1. The average molecular weight is 470 g/mol. The highest BCUT2D eigenvalue weighted by Gasteiger charge is 2.29. The van der Waals surface area contributed by atoms with Crippen molar-refractivity contribution in [1.29, 1.82) is 0 Å². The molecule has 1 fully saturated rings. The van der Waals surface area contributed by atoms with Crippen molar-refractivity contribution in [3.05, 3.63) is 90.3 Å². The predicted octanol–water partition coefficient (Wildman–Crippen LogP) is 6.70. The molecule has 2 aromatic carbocycles. The van der Waals surface area contributed by atoms with Gasteiger partial charge in [-0.3, -0.25) is 0 Å². The summed E-state index contributed by atoms with van der Waals surface area (Å²) in [6.07, 6.45) is 13.4. The SMILES string of the molecule is C=CC(CC/C=C/Cc1ccc(F)cc1)CCC1CCN(S(=O)(=O)c2ccc(C)cc2)CC1. The second-order valence-electron chi connectivity index (χ2n) is 9.11. The Labute approximate surface area is 199 Å². The first-order valence-corrected chi connectivity index (χ1v) is 13.4. The van der Waals surface area contributed by atoms with Crippen LogP contribution in [-0.2, 0) is 16.4 Å². The van der Waals surface area contributed by atoms with Gasteiger partial charge < -0.3 is 0 Å². The lowest BCUT2D eigenvalue weighted by Gasteiger charge is -2.31. The molecule has 1 unspecified atom stereocenters. The number of piperidine rings is 1.